The lowest BCUT2D eigenvalue weighted by Crippen LogP contribution is -2.01. The van der Waals surface area contributed by atoms with E-state index < -0.39 is 5.82 Å². The molecular formula is C13H8BrClFN5. The number of tetrazole rings is 1. The van der Waals surface area contributed by atoms with Crippen LogP contribution in [0.15, 0.2) is 40.9 Å². The molecule has 2 aromatic carbocycles. The molecule has 21 heavy (non-hydrogen) atoms. The predicted octanol–water partition coefficient (Wildman–Crippen LogP) is 3.47. The smallest absolute Gasteiger partial charge is 0.187 e. The van der Waals surface area contributed by atoms with Crippen LogP contribution in [0.1, 0.15) is 0 Å². The van der Waals surface area contributed by atoms with E-state index in [1.165, 1.54) is 16.8 Å². The lowest BCUT2D eigenvalue weighted by atomic mass is 10.2. The van der Waals surface area contributed by atoms with Gasteiger partial charge in [0, 0.05) is 10.0 Å². The maximum Gasteiger partial charge on any atom is 0.187 e. The highest BCUT2D eigenvalue weighted by molar-refractivity contribution is 9.10. The summed E-state index contributed by atoms with van der Waals surface area (Å²) in [4.78, 5) is 0. The summed E-state index contributed by atoms with van der Waals surface area (Å²) in [5, 5.41) is 11.9. The highest BCUT2D eigenvalue weighted by Crippen LogP contribution is 2.28. The first-order chi connectivity index (χ1) is 10.1. The highest BCUT2D eigenvalue weighted by Gasteiger charge is 2.15. The predicted molar refractivity (Wildman–Crippen MR) is 81.7 cm³/mol. The zero-order chi connectivity index (χ0) is 15.0. The van der Waals surface area contributed by atoms with Gasteiger partial charge < -0.3 is 5.73 Å². The number of hydrogen-bond donors (Lipinski definition) is 1. The summed E-state index contributed by atoms with van der Waals surface area (Å²) in [5.74, 6) is -0.156. The molecule has 3 rings (SSSR count). The second-order valence-electron chi connectivity index (χ2n) is 4.25. The molecule has 2 N–H and O–H groups in total. The Hall–Kier alpha value is -1.99. The minimum atomic E-state index is -0.526. The van der Waals surface area contributed by atoms with Crippen LogP contribution in [0.5, 0.6) is 0 Å². The van der Waals surface area contributed by atoms with Crippen molar-refractivity contribution in [3.05, 3.63) is 51.7 Å². The van der Waals surface area contributed by atoms with E-state index in [-0.39, 0.29) is 5.69 Å². The van der Waals surface area contributed by atoms with E-state index in [2.05, 4.69) is 31.5 Å². The summed E-state index contributed by atoms with van der Waals surface area (Å²) >= 11 is 9.54. The van der Waals surface area contributed by atoms with E-state index >= 15 is 0 Å². The first-order valence-corrected chi connectivity index (χ1v) is 7.02. The fourth-order valence-corrected chi connectivity index (χ4v) is 2.39. The Balaban J connectivity index is 2.17. The second-order valence-corrected chi connectivity index (χ2v) is 5.57. The summed E-state index contributed by atoms with van der Waals surface area (Å²) in [7, 11) is 0. The van der Waals surface area contributed by atoms with Crippen LogP contribution in [0.4, 0.5) is 10.1 Å². The van der Waals surface area contributed by atoms with Gasteiger partial charge in [-0.25, -0.2) is 4.39 Å². The quantitative estimate of drug-likeness (QED) is 0.703. The zero-order valence-electron chi connectivity index (χ0n) is 10.5. The maximum absolute atomic E-state index is 13.6. The van der Waals surface area contributed by atoms with Gasteiger partial charge in [0.05, 0.1) is 16.4 Å². The molecular weight excluding hydrogens is 361 g/mol. The third-order valence-electron chi connectivity index (χ3n) is 2.86. The van der Waals surface area contributed by atoms with Crippen molar-refractivity contribution in [2.75, 3.05) is 5.73 Å². The van der Waals surface area contributed by atoms with Gasteiger partial charge in [-0.05, 0) is 46.8 Å². The van der Waals surface area contributed by atoms with E-state index in [0.29, 0.717) is 22.1 Å². The second kappa shape index (κ2) is 5.42. The third kappa shape index (κ3) is 2.62. The van der Waals surface area contributed by atoms with E-state index in [1.807, 2.05) is 0 Å². The number of nitrogens with two attached hydrogens (primary N) is 1. The van der Waals surface area contributed by atoms with Gasteiger partial charge in [-0.3, -0.25) is 0 Å². The molecule has 1 aromatic heterocycles. The van der Waals surface area contributed by atoms with E-state index in [0.717, 1.165) is 4.47 Å². The van der Waals surface area contributed by atoms with Crippen molar-refractivity contribution in [2.45, 2.75) is 0 Å². The molecule has 0 aliphatic rings. The van der Waals surface area contributed by atoms with Crippen LogP contribution in [0.2, 0.25) is 5.02 Å². The van der Waals surface area contributed by atoms with Crippen LogP contribution in [0.3, 0.4) is 0 Å². The highest BCUT2D eigenvalue weighted by atomic mass is 79.9. The lowest BCUT2D eigenvalue weighted by molar-refractivity contribution is 0.632. The molecule has 1 heterocycles. The van der Waals surface area contributed by atoms with Crippen LogP contribution < -0.4 is 5.73 Å². The molecule has 0 unspecified atom stereocenters. The molecule has 0 fully saturated rings. The average molecular weight is 369 g/mol. The Morgan fingerprint density at radius 2 is 2.00 bits per heavy atom. The van der Waals surface area contributed by atoms with Crippen LogP contribution in [-0.2, 0) is 0 Å². The molecule has 0 amide bonds. The summed E-state index contributed by atoms with van der Waals surface area (Å²) in [6, 6.07) is 9.69. The third-order valence-corrected chi connectivity index (χ3v) is 3.68. The number of nitrogens with zero attached hydrogens (tertiary/aromatic N) is 4. The van der Waals surface area contributed by atoms with E-state index in [4.69, 9.17) is 17.3 Å². The Kier molecular flexibility index (Phi) is 3.60. The standard InChI is InChI=1S/C13H8BrClFN5/c14-8-2-3-9(15)12(6-8)21-13(18-19-20-21)7-1-4-11(17)10(16)5-7/h1-6H,17H2. The summed E-state index contributed by atoms with van der Waals surface area (Å²) in [6.45, 7) is 0. The van der Waals surface area contributed by atoms with Gasteiger partial charge in [0.25, 0.3) is 0 Å². The van der Waals surface area contributed by atoms with Gasteiger partial charge in [0.2, 0.25) is 0 Å². The number of benzene rings is 2. The van der Waals surface area contributed by atoms with Gasteiger partial charge in [-0.1, -0.05) is 27.5 Å². The van der Waals surface area contributed by atoms with Gasteiger partial charge in [-0.15, -0.1) is 5.10 Å². The Morgan fingerprint density at radius 1 is 1.19 bits per heavy atom. The molecule has 0 saturated carbocycles. The van der Waals surface area contributed by atoms with Crippen molar-refractivity contribution < 1.29 is 4.39 Å². The molecule has 3 aromatic rings. The van der Waals surface area contributed by atoms with Crippen LogP contribution in [0, 0.1) is 5.82 Å². The molecule has 0 saturated heterocycles. The Labute approximate surface area is 132 Å². The molecule has 0 bridgehead atoms. The van der Waals surface area contributed by atoms with Crippen LogP contribution in [-0.4, -0.2) is 20.2 Å². The summed E-state index contributed by atoms with van der Waals surface area (Å²) in [5.41, 5.74) is 6.63. The number of aromatic nitrogens is 4. The normalized spacial score (nSPS) is 10.8. The molecule has 0 aliphatic carbocycles. The first kappa shape index (κ1) is 14.0. The monoisotopic (exact) mass is 367 g/mol. The van der Waals surface area contributed by atoms with Crippen molar-refractivity contribution in [2.24, 2.45) is 0 Å². The number of nitrogen functional groups attached to an aromatic ring is 1. The minimum absolute atomic E-state index is 0.0678. The number of rotatable bonds is 2. The number of halogens is 3. The van der Waals surface area contributed by atoms with Crippen molar-refractivity contribution in [1.29, 1.82) is 0 Å². The molecule has 106 valence electrons. The fourth-order valence-electron chi connectivity index (χ4n) is 1.84. The molecule has 0 spiro atoms. The molecule has 0 radical (unpaired) electrons. The zero-order valence-corrected chi connectivity index (χ0v) is 12.8. The summed E-state index contributed by atoms with van der Waals surface area (Å²) < 4.78 is 15.9. The van der Waals surface area contributed by atoms with E-state index in [9.17, 15) is 4.39 Å². The topological polar surface area (TPSA) is 69.6 Å². The fraction of sp³-hybridized carbons (Fsp3) is 0. The number of anilines is 1. The van der Waals surface area contributed by atoms with Gasteiger partial charge in [0.15, 0.2) is 5.82 Å². The largest absolute Gasteiger partial charge is 0.396 e. The van der Waals surface area contributed by atoms with Crippen molar-refractivity contribution in [3.63, 3.8) is 0 Å². The molecule has 0 aliphatic heterocycles. The maximum atomic E-state index is 13.6. The van der Waals surface area contributed by atoms with Crippen LogP contribution >= 0.6 is 27.5 Å². The van der Waals surface area contributed by atoms with Crippen molar-refractivity contribution in [3.8, 4) is 17.1 Å². The van der Waals surface area contributed by atoms with Crippen molar-refractivity contribution in [1.82, 2.24) is 20.2 Å². The lowest BCUT2D eigenvalue weighted by Gasteiger charge is -2.07. The minimum Gasteiger partial charge on any atom is -0.396 e. The van der Waals surface area contributed by atoms with Gasteiger partial charge >= 0.3 is 0 Å². The summed E-state index contributed by atoms with van der Waals surface area (Å²) in [6.07, 6.45) is 0. The molecule has 0 atom stereocenters. The van der Waals surface area contributed by atoms with E-state index in [1.54, 1.807) is 24.3 Å². The Morgan fingerprint density at radius 3 is 2.76 bits per heavy atom. The van der Waals surface area contributed by atoms with Gasteiger partial charge in [0.1, 0.15) is 5.82 Å². The molecule has 5 nitrogen and oxygen atoms in total. The average Bonchev–Trinajstić information content (AvgIpc) is 2.93. The Bertz CT molecular complexity index is 820. The van der Waals surface area contributed by atoms with Crippen LogP contribution in [0.25, 0.3) is 17.1 Å². The SMILES string of the molecule is Nc1ccc(-c2nnnn2-c2cc(Br)ccc2Cl)cc1F. The van der Waals surface area contributed by atoms with Gasteiger partial charge in [-0.2, -0.15) is 4.68 Å². The van der Waals surface area contributed by atoms with Crippen molar-refractivity contribution >= 4 is 33.2 Å². The first-order valence-electron chi connectivity index (χ1n) is 5.85. The molecule has 8 heteroatoms. The number of hydrogen-bond acceptors (Lipinski definition) is 4.